The van der Waals surface area contributed by atoms with Crippen LogP contribution in [0.3, 0.4) is 0 Å². The Morgan fingerprint density at radius 1 is 1.40 bits per heavy atom. The summed E-state index contributed by atoms with van der Waals surface area (Å²) < 4.78 is 13.4. The van der Waals surface area contributed by atoms with Crippen LogP contribution < -0.4 is 11.1 Å². The molecule has 0 saturated heterocycles. The van der Waals surface area contributed by atoms with E-state index in [-0.39, 0.29) is 17.6 Å². The van der Waals surface area contributed by atoms with Gasteiger partial charge in [-0.05, 0) is 48.9 Å². The summed E-state index contributed by atoms with van der Waals surface area (Å²) in [7, 11) is 0. The van der Waals surface area contributed by atoms with Crippen molar-refractivity contribution >= 4 is 5.91 Å². The van der Waals surface area contributed by atoms with Gasteiger partial charge in [-0.25, -0.2) is 4.39 Å². The third kappa shape index (κ3) is 5.70. The molecule has 1 atom stereocenters. The number of amides is 1. The summed E-state index contributed by atoms with van der Waals surface area (Å²) in [5.74, 6) is 0.478. The molecule has 0 bridgehead atoms. The molecular weight excluding hydrogens is 255 g/mol. The zero-order chi connectivity index (χ0) is 15.1. The van der Waals surface area contributed by atoms with Crippen LogP contribution in [0.25, 0.3) is 0 Å². The molecule has 1 unspecified atom stereocenters. The zero-order valence-electron chi connectivity index (χ0n) is 12.6. The second-order valence-electron chi connectivity index (χ2n) is 5.80. The molecule has 0 radical (unpaired) electrons. The van der Waals surface area contributed by atoms with E-state index in [1.807, 2.05) is 6.07 Å². The van der Waals surface area contributed by atoms with Crippen molar-refractivity contribution in [3.63, 3.8) is 0 Å². The van der Waals surface area contributed by atoms with Crippen LogP contribution in [-0.4, -0.2) is 12.5 Å². The van der Waals surface area contributed by atoms with E-state index in [2.05, 4.69) is 19.2 Å². The molecule has 0 aromatic heterocycles. The van der Waals surface area contributed by atoms with Gasteiger partial charge in [-0.3, -0.25) is 4.79 Å². The molecule has 20 heavy (non-hydrogen) atoms. The molecule has 0 aliphatic rings. The van der Waals surface area contributed by atoms with Crippen molar-refractivity contribution in [1.82, 2.24) is 5.32 Å². The van der Waals surface area contributed by atoms with Crippen LogP contribution in [0.5, 0.6) is 0 Å². The van der Waals surface area contributed by atoms with Gasteiger partial charge in [-0.2, -0.15) is 0 Å². The molecule has 4 heteroatoms. The van der Waals surface area contributed by atoms with E-state index in [0.717, 1.165) is 12.0 Å². The summed E-state index contributed by atoms with van der Waals surface area (Å²) in [4.78, 5) is 11.9. The van der Waals surface area contributed by atoms with Crippen molar-refractivity contribution in [3.8, 4) is 0 Å². The minimum Gasteiger partial charge on any atom is -0.352 e. The molecule has 3 N–H and O–H groups in total. The van der Waals surface area contributed by atoms with Crippen LogP contribution in [0.1, 0.15) is 37.8 Å². The first-order chi connectivity index (χ1) is 9.42. The van der Waals surface area contributed by atoms with Crippen molar-refractivity contribution in [2.45, 2.75) is 40.2 Å². The number of rotatable bonds is 7. The molecule has 112 valence electrons. The highest BCUT2D eigenvalue weighted by molar-refractivity contribution is 5.76. The first kappa shape index (κ1) is 16.6. The second kappa shape index (κ2) is 8.00. The molecule has 1 amide bonds. The smallest absolute Gasteiger partial charge is 0.220 e. The lowest BCUT2D eigenvalue weighted by Crippen LogP contribution is -2.28. The maximum atomic E-state index is 13.4. The van der Waals surface area contributed by atoms with Crippen LogP contribution in [0.15, 0.2) is 18.2 Å². The number of halogens is 1. The predicted molar refractivity (Wildman–Crippen MR) is 79.6 cm³/mol. The first-order valence-electron chi connectivity index (χ1n) is 7.14. The number of benzene rings is 1. The molecule has 1 rings (SSSR count). The van der Waals surface area contributed by atoms with Gasteiger partial charge >= 0.3 is 0 Å². The molecule has 0 aliphatic carbocycles. The number of carbonyl (C=O) groups excluding carboxylic acids is 1. The Kier molecular flexibility index (Phi) is 6.65. The number of nitrogens with two attached hydrogens (primary N) is 1. The molecule has 3 nitrogen and oxygen atoms in total. The Hall–Kier alpha value is -1.42. The fraction of sp³-hybridized carbons (Fsp3) is 0.562. The molecule has 0 fully saturated rings. The van der Waals surface area contributed by atoms with E-state index in [9.17, 15) is 9.18 Å². The fourth-order valence-corrected chi connectivity index (χ4v) is 2.21. The monoisotopic (exact) mass is 280 g/mol. The van der Waals surface area contributed by atoms with E-state index in [1.54, 1.807) is 13.0 Å². The standard InChI is InChI=1S/C16H25FN2O/c1-11(2)6-14(9-18)8-16(20)19-10-13-5-4-12(3)15(17)7-13/h4-5,7,11,14H,6,8-10,18H2,1-3H3,(H,19,20). The van der Waals surface area contributed by atoms with Gasteiger partial charge in [0.05, 0.1) is 0 Å². The van der Waals surface area contributed by atoms with Crippen molar-refractivity contribution in [2.24, 2.45) is 17.6 Å². The molecular formula is C16H25FN2O. The maximum Gasteiger partial charge on any atom is 0.220 e. The quantitative estimate of drug-likeness (QED) is 0.807. The van der Waals surface area contributed by atoms with Crippen LogP contribution in [-0.2, 0) is 11.3 Å². The topological polar surface area (TPSA) is 55.1 Å². The van der Waals surface area contributed by atoms with Gasteiger partial charge in [0.25, 0.3) is 0 Å². The fourth-order valence-electron chi connectivity index (χ4n) is 2.21. The highest BCUT2D eigenvalue weighted by atomic mass is 19.1. The number of hydrogen-bond donors (Lipinski definition) is 2. The van der Waals surface area contributed by atoms with Crippen LogP contribution in [0.4, 0.5) is 4.39 Å². The van der Waals surface area contributed by atoms with Gasteiger partial charge in [-0.1, -0.05) is 26.0 Å². The summed E-state index contributed by atoms with van der Waals surface area (Å²) in [5, 5.41) is 2.82. The Morgan fingerprint density at radius 2 is 2.10 bits per heavy atom. The summed E-state index contributed by atoms with van der Waals surface area (Å²) in [6.45, 7) is 6.83. The van der Waals surface area contributed by atoms with Gasteiger partial charge in [0.2, 0.25) is 5.91 Å². The minimum absolute atomic E-state index is 0.0258. The van der Waals surface area contributed by atoms with E-state index in [1.165, 1.54) is 6.07 Å². The minimum atomic E-state index is -0.239. The SMILES string of the molecule is Cc1ccc(CNC(=O)CC(CN)CC(C)C)cc1F. The second-order valence-corrected chi connectivity index (χ2v) is 5.80. The van der Waals surface area contributed by atoms with Gasteiger partial charge in [-0.15, -0.1) is 0 Å². The van der Waals surface area contributed by atoms with Crippen LogP contribution in [0.2, 0.25) is 0 Å². The molecule has 0 spiro atoms. The van der Waals surface area contributed by atoms with Crippen molar-refractivity contribution in [3.05, 3.63) is 35.1 Å². The lowest BCUT2D eigenvalue weighted by molar-refractivity contribution is -0.122. The summed E-state index contributed by atoms with van der Waals surface area (Å²) in [6.07, 6.45) is 1.38. The van der Waals surface area contributed by atoms with Gasteiger partial charge in [0, 0.05) is 13.0 Å². The Balaban J connectivity index is 2.44. The van der Waals surface area contributed by atoms with Crippen LogP contribution >= 0.6 is 0 Å². The largest absolute Gasteiger partial charge is 0.352 e. The van der Waals surface area contributed by atoms with E-state index in [4.69, 9.17) is 5.73 Å². The summed E-state index contributed by atoms with van der Waals surface area (Å²) >= 11 is 0. The van der Waals surface area contributed by atoms with Gasteiger partial charge in [0.1, 0.15) is 5.82 Å². The lowest BCUT2D eigenvalue weighted by Gasteiger charge is -2.16. The van der Waals surface area contributed by atoms with Gasteiger partial charge < -0.3 is 11.1 Å². The van der Waals surface area contributed by atoms with Crippen molar-refractivity contribution < 1.29 is 9.18 Å². The normalized spacial score (nSPS) is 12.5. The number of aryl methyl sites for hydroxylation is 1. The molecule has 0 heterocycles. The maximum absolute atomic E-state index is 13.4. The van der Waals surface area contributed by atoms with E-state index < -0.39 is 0 Å². The van der Waals surface area contributed by atoms with Crippen LogP contribution in [0, 0.1) is 24.6 Å². The predicted octanol–water partition coefficient (Wildman–Crippen LogP) is 2.76. The highest BCUT2D eigenvalue weighted by Gasteiger charge is 2.13. The summed E-state index contributed by atoms with van der Waals surface area (Å²) in [6, 6.07) is 5.01. The lowest BCUT2D eigenvalue weighted by atomic mass is 9.94. The van der Waals surface area contributed by atoms with Gasteiger partial charge in [0.15, 0.2) is 0 Å². The molecule has 0 aliphatic heterocycles. The molecule has 1 aromatic carbocycles. The number of nitrogens with one attached hydrogen (secondary N) is 1. The average molecular weight is 280 g/mol. The van der Waals surface area contributed by atoms with Crippen molar-refractivity contribution in [2.75, 3.05) is 6.54 Å². The Morgan fingerprint density at radius 3 is 2.65 bits per heavy atom. The Bertz CT molecular complexity index is 446. The first-order valence-corrected chi connectivity index (χ1v) is 7.14. The highest BCUT2D eigenvalue weighted by Crippen LogP contribution is 2.14. The third-order valence-corrected chi connectivity index (χ3v) is 3.34. The Labute approximate surface area is 120 Å². The average Bonchev–Trinajstić information content (AvgIpc) is 2.39. The van der Waals surface area contributed by atoms with E-state index in [0.29, 0.717) is 31.0 Å². The molecule has 1 aromatic rings. The van der Waals surface area contributed by atoms with E-state index >= 15 is 0 Å². The third-order valence-electron chi connectivity index (χ3n) is 3.34. The summed E-state index contributed by atoms with van der Waals surface area (Å²) in [5.41, 5.74) is 7.07. The molecule has 0 saturated carbocycles. The number of carbonyl (C=O) groups is 1. The zero-order valence-corrected chi connectivity index (χ0v) is 12.6. The number of hydrogen-bond acceptors (Lipinski definition) is 2. The van der Waals surface area contributed by atoms with Crippen molar-refractivity contribution in [1.29, 1.82) is 0 Å².